The first-order valence-electron chi connectivity index (χ1n) is 14.8. The topological polar surface area (TPSA) is 132 Å². The summed E-state index contributed by atoms with van der Waals surface area (Å²) in [5.74, 6) is -2.04. The van der Waals surface area contributed by atoms with Crippen molar-refractivity contribution < 1.29 is 36.2 Å². The van der Waals surface area contributed by atoms with Crippen LogP contribution in [0.25, 0.3) is 22.0 Å². The van der Waals surface area contributed by atoms with E-state index in [1.54, 1.807) is 31.5 Å². The van der Waals surface area contributed by atoms with Crippen molar-refractivity contribution in [2.75, 3.05) is 50.0 Å². The van der Waals surface area contributed by atoms with E-state index < -0.39 is 45.0 Å². The zero-order chi connectivity index (χ0) is 32.4. The number of carbonyl (C=O) groups excluding carboxylic acids is 1. The lowest BCUT2D eigenvalue weighted by Crippen LogP contribution is -2.40. The van der Waals surface area contributed by atoms with Gasteiger partial charge in [-0.25, -0.2) is 27.2 Å². The molecule has 11 nitrogen and oxygen atoms in total. The van der Waals surface area contributed by atoms with E-state index in [-0.39, 0.29) is 28.9 Å². The highest BCUT2D eigenvalue weighted by atomic mass is 32.2. The second-order valence-electron chi connectivity index (χ2n) is 11.2. The highest BCUT2D eigenvalue weighted by molar-refractivity contribution is 7.92. The molecule has 0 amide bonds. The van der Waals surface area contributed by atoms with Gasteiger partial charge in [0.25, 0.3) is 10.0 Å². The van der Waals surface area contributed by atoms with Gasteiger partial charge in [0.2, 0.25) is 5.95 Å². The molecule has 2 aliphatic heterocycles. The van der Waals surface area contributed by atoms with Crippen molar-refractivity contribution in [2.24, 2.45) is 0 Å². The Labute approximate surface area is 264 Å². The third kappa shape index (κ3) is 6.59. The van der Waals surface area contributed by atoms with Gasteiger partial charge in [0.15, 0.2) is 11.9 Å². The van der Waals surface area contributed by atoms with E-state index in [2.05, 4.69) is 24.9 Å². The van der Waals surface area contributed by atoms with Gasteiger partial charge in [-0.1, -0.05) is 18.2 Å². The van der Waals surface area contributed by atoms with Gasteiger partial charge in [0.1, 0.15) is 23.1 Å². The van der Waals surface area contributed by atoms with Gasteiger partial charge in [-0.3, -0.25) is 9.52 Å². The Morgan fingerprint density at radius 3 is 2.70 bits per heavy atom. The smallest absolute Gasteiger partial charge is 0.303 e. The first-order chi connectivity index (χ1) is 22.1. The molecule has 14 heteroatoms. The van der Waals surface area contributed by atoms with Crippen molar-refractivity contribution in [3.8, 4) is 16.9 Å². The summed E-state index contributed by atoms with van der Waals surface area (Å²) in [7, 11) is -2.70. The number of esters is 1. The third-order valence-electron chi connectivity index (χ3n) is 8.07. The zero-order valence-corrected chi connectivity index (χ0v) is 26.1. The minimum absolute atomic E-state index is 0.0000771. The van der Waals surface area contributed by atoms with Gasteiger partial charge in [-0.2, -0.15) is 0 Å². The summed E-state index contributed by atoms with van der Waals surface area (Å²) in [6, 6.07) is 11.3. The number of halogens is 2. The van der Waals surface area contributed by atoms with E-state index in [1.165, 1.54) is 25.1 Å². The lowest BCUT2D eigenvalue weighted by Gasteiger charge is -2.32. The summed E-state index contributed by atoms with van der Waals surface area (Å²) in [6.07, 6.45) is 2.70. The molecule has 0 unspecified atom stereocenters. The Morgan fingerprint density at radius 1 is 1.13 bits per heavy atom. The molecule has 0 saturated carbocycles. The van der Waals surface area contributed by atoms with Crippen molar-refractivity contribution in [1.82, 2.24) is 14.9 Å². The highest BCUT2D eigenvalue weighted by Gasteiger charge is 2.33. The van der Waals surface area contributed by atoms with E-state index in [0.29, 0.717) is 29.0 Å². The molecule has 3 heterocycles. The summed E-state index contributed by atoms with van der Waals surface area (Å²) in [4.78, 5) is 22.5. The van der Waals surface area contributed by atoms with Gasteiger partial charge in [0, 0.05) is 56.9 Å². The number of aromatic nitrogens is 2. The normalized spacial score (nSPS) is 17.0. The van der Waals surface area contributed by atoms with E-state index in [4.69, 9.17) is 14.2 Å². The lowest BCUT2D eigenvalue weighted by molar-refractivity contribution is -0.147. The van der Waals surface area contributed by atoms with Crippen molar-refractivity contribution in [3.05, 3.63) is 71.9 Å². The average molecular weight is 654 g/mol. The van der Waals surface area contributed by atoms with Crippen LogP contribution in [-0.4, -0.2) is 75.3 Å². The lowest BCUT2D eigenvalue weighted by atomic mass is 10.0. The largest absolute Gasteiger partial charge is 0.487 e. The number of benzene rings is 3. The van der Waals surface area contributed by atoms with E-state index in [0.717, 1.165) is 44.6 Å². The van der Waals surface area contributed by atoms with Crippen molar-refractivity contribution in [2.45, 2.75) is 36.8 Å². The number of hydrogen-bond donors (Lipinski definition) is 2. The number of methoxy groups -OCH3 is 1. The Bertz CT molecular complexity index is 1880. The first kappa shape index (κ1) is 31.6. The maximum Gasteiger partial charge on any atom is 0.303 e. The quantitative estimate of drug-likeness (QED) is 0.228. The molecule has 1 saturated heterocycles. The van der Waals surface area contributed by atoms with Crippen LogP contribution in [0.3, 0.4) is 0 Å². The van der Waals surface area contributed by atoms with Crippen LogP contribution in [0.15, 0.2) is 59.6 Å². The fourth-order valence-electron chi connectivity index (χ4n) is 5.76. The molecule has 0 aliphatic carbocycles. The summed E-state index contributed by atoms with van der Waals surface area (Å²) in [6.45, 7) is 4.67. The van der Waals surface area contributed by atoms with Crippen LogP contribution in [-0.2, 0) is 24.3 Å². The molecule has 2 N–H and O–H groups in total. The molecular formula is C32H33F2N5O6S. The number of para-hydroxylation sites is 1. The number of piperidine rings is 1. The molecule has 2 aliphatic rings. The molecule has 4 aromatic rings. The Hall–Kier alpha value is -4.40. The molecule has 1 fully saturated rings. The number of ether oxygens (including phenoxy) is 3. The minimum atomic E-state index is -4.40. The molecular weight excluding hydrogens is 620 g/mol. The molecule has 242 valence electrons. The highest BCUT2D eigenvalue weighted by Crippen LogP contribution is 2.41. The van der Waals surface area contributed by atoms with Gasteiger partial charge < -0.3 is 24.4 Å². The fourth-order valence-corrected chi connectivity index (χ4v) is 6.99. The van der Waals surface area contributed by atoms with E-state index in [1.807, 2.05) is 0 Å². The number of nitrogens with one attached hydrogen (secondary N) is 2. The number of rotatable bonds is 10. The third-order valence-corrected chi connectivity index (χ3v) is 9.46. The number of fused-ring (bicyclic) bond motifs is 2. The van der Waals surface area contributed by atoms with E-state index >= 15 is 8.78 Å². The van der Waals surface area contributed by atoms with Crippen LogP contribution < -0.4 is 14.8 Å². The summed E-state index contributed by atoms with van der Waals surface area (Å²) >= 11 is 0. The molecule has 0 radical (unpaired) electrons. The van der Waals surface area contributed by atoms with Gasteiger partial charge >= 0.3 is 5.97 Å². The average Bonchev–Trinajstić information content (AvgIpc) is 3.44. The monoisotopic (exact) mass is 653 g/mol. The van der Waals surface area contributed by atoms with Gasteiger partial charge in [0.05, 0.1) is 23.4 Å². The molecule has 46 heavy (non-hydrogen) atoms. The number of likely N-dealkylation sites (tertiary alicyclic amines) is 1. The number of nitrogens with zero attached hydrogens (tertiary/aromatic N) is 3. The van der Waals surface area contributed by atoms with Crippen LogP contribution in [0.5, 0.6) is 5.75 Å². The molecule has 0 bridgehead atoms. The number of anilines is 2. The Kier molecular flexibility index (Phi) is 9.02. The van der Waals surface area contributed by atoms with Gasteiger partial charge in [-0.15, -0.1) is 0 Å². The number of carbonyl (C=O) groups is 1. The summed E-state index contributed by atoms with van der Waals surface area (Å²) in [5.41, 5.74) is 0.283. The molecule has 6 rings (SSSR count). The number of hydrogen-bond acceptors (Lipinski definition) is 10. The fraction of sp³-hybridized carbons (Fsp3) is 0.344. The standard InChI is InChI=1S/C32H33F2N5O6S/c1-19(40)45-27-18-44-31-23(27)4-3-5-28(31)46(41,42)38-26-9-7-24(33)29(30(26)34)20-6-8-25-21(16-20)17-35-32(37-25)36-22-10-12-39(13-11-22)14-15-43-2/h3-9,16-17,22,27,38H,10-15,18H2,1-2H3,(H,35,36,37)/t27-/m1/s1. The molecule has 3 aromatic carbocycles. The predicted octanol–water partition coefficient (Wildman–Crippen LogP) is 4.90. The van der Waals surface area contributed by atoms with Crippen molar-refractivity contribution in [3.63, 3.8) is 0 Å². The second-order valence-corrected chi connectivity index (χ2v) is 12.8. The Balaban J connectivity index is 1.21. The van der Waals surface area contributed by atoms with Crippen LogP contribution >= 0.6 is 0 Å². The van der Waals surface area contributed by atoms with Gasteiger partial charge in [-0.05, 0) is 48.7 Å². The molecule has 1 aromatic heterocycles. The minimum Gasteiger partial charge on any atom is -0.487 e. The molecule has 1 atom stereocenters. The van der Waals surface area contributed by atoms with E-state index in [9.17, 15) is 13.2 Å². The Morgan fingerprint density at radius 2 is 1.93 bits per heavy atom. The predicted molar refractivity (Wildman–Crippen MR) is 167 cm³/mol. The summed E-state index contributed by atoms with van der Waals surface area (Å²) in [5, 5.41) is 3.94. The zero-order valence-electron chi connectivity index (χ0n) is 25.3. The van der Waals surface area contributed by atoms with Crippen LogP contribution in [0.4, 0.5) is 20.4 Å². The number of sulfonamides is 1. The second kappa shape index (κ2) is 13.1. The van der Waals surface area contributed by atoms with Crippen molar-refractivity contribution in [1.29, 1.82) is 0 Å². The SMILES string of the molecule is COCCN1CCC(Nc2ncc3cc(-c4c(F)ccc(NS(=O)(=O)c5cccc6c5OC[C@H]6OC(C)=O)c4F)ccc3n2)CC1. The summed E-state index contributed by atoms with van der Waals surface area (Å²) < 4.78 is 75.9. The van der Waals surface area contributed by atoms with Crippen LogP contribution in [0, 0.1) is 11.6 Å². The maximum atomic E-state index is 15.9. The molecule has 0 spiro atoms. The van der Waals surface area contributed by atoms with Crippen LogP contribution in [0.2, 0.25) is 0 Å². The maximum absolute atomic E-state index is 15.9. The van der Waals surface area contributed by atoms with Crippen molar-refractivity contribution >= 4 is 38.5 Å². The van der Waals surface area contributed by atoms with Crippen LogP contribution in [0.1, 0.15) is 31.4 Å². The first-order valence-corrected chi connectivity index (χ1v) is 16.3.